The van der Waals surface area contributed by atoms with Gasteiger partial charge in [0.1, 0.15) is 0 Å². The number of carbonyl (C=O) groups is 1. The van der Waals surface area contributed by atoms with Crippen LogP contribution in [-0.4, -0.2) is 5.97 Å². The molecule has 0 bridgehead atoms. The SMILES string of the molecule is CCC(=O)O[P+](=O)[O-].[Na+]. The third kappa shape index (κ3) is 8.53. The van der Waals surface area contributed by atoms with Crippen LogP contribution >= 0.6 is 8.25 Å². The third-order valence-corrected chi connectivity index (χ3v) is 0.818. The van der Waals surface area contributed by atoms with Crippen LogP contribution in [-0.2, 0) is 13.9 Å². The summed E-state index contributed by atoms with van der Waals surface area (Å²) in [6, 6.07) is 0. The van der Waals surface area contributed by atoms with Gasteiger partial charge < -0.3 is 4.89 Å². The Hall–Kier alpha value is 0.530. The maximum absolute atomic E-state index is 10.0. The fourth-order valence-electron chi connectivity index (χ4n) is 0.148. The first-order chi connectivity index (χ1) is 3.66. The zero-order valence-electron chi connectivity index (χ0n) is 5.29. The zero-order valence-corrected chi connectivity index (χ0v) is 8.18. The van der Waals surface area contributed by atoms with Crippen molar-refractivity contribution >= 4 is 14.2 Å². The van der Waals surface area contributed by atoms with E-state index < -0.39 is 14.2 Å². The summed E-state index contributed by atoms with van der Waals surface area (Å²) in [6.07, 6.45) is 0.0866. The largest absolute Gasteiger partial charge is 1.00 e. The molecule has 0 aliphatic rings. The number of hydrogen-bond acceptors (Lipinski definition) is 4. The van der Waals surface area contributed by atoms with Crippen LogP contribution in [0.5, 0.6) is 0 Å². The maximum atomic E-state index is 10.0. The van der Waals surface area contributed by atoms with Crippen molar-refractivity contribution in [3.63, 3.8) is 0 Å². The van der Waals surface area contributed by atoms with Gasteiger partial charge in [-0.05, 0) is 4.57 Å². The van der Waals surface area contributed by atoms with E-state index in [1.54, 1.807) is 0 Å². The van der Waals surface area contributed by atoms with Gasteiger partial charge in [0, 0.05) is 6.42 Å². The molecule has 0 aliphatic carbocycles. The van der Waals surface area contributed by atoms with Crippen molar-refractivity contribution in [1.29, 1.82) is 0 Å². The normalized spacial score (nSPS) is 9.33. The predicted octanol–water partition coefficient (Wildman–Crippen LogP) is -3.04. The van der Waals surface area contributed by atoms with Gasteiger partial charge in [-0.2, -0.15) is 0 Å². The second kappa shape index (κ2) is 6.65. The summed E-state index contributed by atoms with van der Waals surface area (Å²) >= 11 is 0. The van der Waals surface area contributed by atoms with Gasteiger partial charge in [-0.25, -0.2) is 9.32 Å². The number of rotatable bonds is 2. The first kappa shape index (κ1) is 12.2. The van der Waals surface area contributed by atoms with E-state index in [-0.39, 0.29) is 36.0 Å². The molecule has 0 heterocycles. The fourth-order valence-corrected chi connectivity index (χ4v) is 0.443. The first-order valence-corrected chi connectivity index (χ1v) is 3.11. The van der Waals surface area contributed by atoms with Gasteiger partial charge in [-0.15, -0.1) is 0 Å². The monoisotopic (exact) mass is 159 g/mol. The Bertz CT molecular complexity index is 114. The molecule has 0 aromatic carbocycles. The molecule has 0 spiro atoms. The van der Waals surface area contributed by atoms with Crippen LogP contribution in [0.1, 0.15) is 13.3 Å². The van der Waals surface area contributed by atoms with E-state index in [4.69, 9.17) is 0 Å². The van der Waals surface area contributed by atoms with Crippen LogP contribution in [0.3, 0.4) is 0 Å². The Morgan fingerprint density at radius 1 is 1.78 bits per heavy atom. The topological polar surface area (TPSA) is 66.4 Å². The molecule has 0 saturated carbocycles. The average molecular weight is 159 g/mol. The molecule has 1 atom stereocenters. The molecule has 0 N–H and O–H groups in total. The summed E-state index contributed by atoms with van der Waals surface area (Å²) in [5.74, 6) is -0.721. The fraction of sp³-hybridized carbons (Fsp3) is 0.667. The molecule has 0 radical (unpaired) electrons. The van der Waals surface area contributed by atoms with Gasteiger partial charge in [0.25, 0.3) is 0 Å². The number of hydrogen-bond donors (Lipinski definition) is 0. The van der Waals surface area contributed by atoms with E-state index in [2.05, 4.69) is 4.52 Å². The molecule has 0 amide bonds. The molecule has 0 saturated heterocycles. The minimum atomic E-state index is -3.00. The van der Waals surface area contributed by atoms with E-state index in [0.29, 0.717) is 0 Å². The second-order valence-corrected chi connectivity index (χ2v) is 1.67. The summed E-state index contributed by atoms with van der Waals surface area (Å²) in [5, 5.41) is 0. The Labute approximate surface area is 75.8 Å². The maximum Gasteiger partial charge on any atom is 1.00 e. The van der Waals surface area contributed by atoms with Crippen molar-refractivity contribution in [2.75, 3.05) is 0 Å². The molecule has 4 nitrogen and oxygen atoms in total. The molecule has 9 heavy (non-hydrogen) atoms. The van der Waals surface area contributed by atoms with E-state index in [1.165, 1.54) is 6.92 Å². The van der Waals surface area contributed by atoms with E-state index in [9.17, 15) is 14.3 Å². The molecule has 0 fully saturated rings. The molecular formula is C3H5NaO4P+. The van der Waals surface area contributed by atoms with Gasteiger partial charge in [-0.3, -0.25) is 0 Å². The molecule has 0 aliphatic heterocycles. The quantitative estimate of drug-likeness (QED) is 0.317. The Balaban J connectivity index is 0. The Morgan fingerprint density at radius 3 is 2.33 bits per heavy atom. The molecular weight excluding hydrogens is 154 g/mol. The van der Waals surface area contributed by atoms with Crippen LogP contribution in [0.15, 0.2) is 0 Å². The summed E-state index contributed by atoms with van der Waals surface area (Å²) in [5.41, 5.74) is 0. The van der Waals surface area contributed by atoms with Crippen LogP contribution in [0.2, 0.25) is 0 Å². The van der Waals surface area contributed by atoms with Crippen molar-refractivity contribution in [3.8, 4) is 0 Å². The third-order valence-electron chi connectivity index (χ3n) is 0.465. The molecule has 1 unspecified atom stereocenters. The minimum absolute atomic E-state index is 0. The smallest absolute Gasteiger partial charge is 0.558 e. The summed E-state index contributed by atoms with van der Waals surface area (Å²) < 4.78 is 13.3. The second-order valence-electron chi connectivity index (χ2n) is 1.04. The molecule has 0 aromatic heterocycles. The van der Waals surface area contributed by atoms with Crippen LogP contribution in [0.25, 0.3) is 0 Å². The van der Waals surface area contributed by atoms with Gasteiger partial charge in [0.2, 0.25) is 0 Å². The van der Waals surface area contributed by atoms with Gasteiger partial charge >= 0.3 is 43.8 Å². The molecule has 46 valence electrons. The first-order valence-electron chi connectivity index (χ1n) is 2.02. The standard InChI is InChI=1S/C3H5O4P.Na/c1-2-3(4)7-8(5)6;/h2H2,1H3;/q;+1. The molecule has 6 heteroatoms. The minimum Gasteiger partial charge on any atom is -0.558 e. The summed E-state index contributed by atoms with van der Waals surface area (Å²) in [7, 11) is -3.00. The zero-order chi connectivity index (χ0) is 6.57. The molecule has 0 aromatic rings. The van der Waals surface area contributed by atoms with E-state index >= 15 is 0 Å². The average Bonchev–Trinajstić information content (AvgIpc) is 1.65. The van der Waals surface area contributed by atoms with E-state index in [0.717, 1.165) is 0 Å². The van der Waals surface area contributed by atoms with Crippen molar-refractivity contribution in [2.24, 2.45) is 0 Å². The van der Waals surface area contributed by atoms with Crippen molar-refractivity contribution in [1.82, 2.24) is 0 Å². The Kier molecular flexibility index (Phi) is 9.03. The van der Waals surface area contributed by atoms with Crippen molar-refractivity contribution in [3.05, 3.63) is 0 Å². The van der Waals surface area contributed by atoms with Crippen LogP contribution in [0.4, 0.5) is 0 Å². The number of carbonyl (C=O) groups excluding carboxylic acids is 1. The predicted molar refractivity (Wildman–Crippen MR) is 24.0 cm³/mol. The Morgan fingerprint density at radius 2 is 2.22 bits per heavy atom. The van der Waals surface area contributed by atoms with E-state index in [1.807, 2.05) is 0 Å². The van der Waals surface area contributed by atoms with Crippen LogP contribution in [0, 0.1) is 0 Å². The van der Waals surface area contributed by atoms with Gasteiger partial charge in [0.05, 0.1) is 0 Å². The van der Waals surface area contributed by atoms with Crippen molar-refractivity contribution < 1.29 is 48.3 Å². The summed E-state index contributed by atoms with van der Waals surface area (Å²) in [4.78, 5) is 19.6. The van der Waals surface area contributed by atoms with Gasteiger partial charge in [0.15, 0.2) is 0 Å². The molecule has 0 rings (SSSR count). The van der Waals surface area contributed by atoms with Gasteiger partial charge in [-0.1, -0.05) is 6.92 Å². The summed E-state index contributed by atoms with van der Waals surface area (Å²) in [6.45, 7) is 1.52. The van der Waals surface area contributed by atoms with Crippen molar-refractivity contribution in [2.45, 2.75) is 13.3 Å². The van der Waals surface area contributed by atoms with Crippen LogP contribution < -0.4 is 34.5 Å².